The molecule has 0 saturated carbocycles. The van der Waals surface area contributed by atoms with Gasteiger partial charge in [0.1, 0.15) is 0 Å². The second-order valence-corrected chi connectivity index (χ2v) is 3.98. The molecule has 0 unspecified atom stereocenters. The van der Waals surface area contributed by atoms with Crippen molar-refractivity contribution in [2.24, 2.45) is 0 Å². The van der Waals surface area contributed by atoms with E-state index in [0.29, 0.717) is 0 Å². The summed E-state index contributed by atoms with van der Waals surface area (Å²) in [7, 11) is 0. The van der Waals surface area contributed by atoms with Gasteiger partial charge in [0.05, 0.1) is 0 Å². The molecule has 2 rings (SSSR count). The molecule has 0 aliphatic heterocycles. The van der Waals surface area contributed by atoms with Crippen molar-refractivity contribution < 1.29 is 17.1 Å². The van der Waals surface area contributed by atoms with Crippen LogP contribution in [0.3, 0.4) is 0 Å². The Morgan fingerprint density at radius 1 is 1.19 bits per heavy atom. The molecular weight excluding hydrogens is 236 g/mol. The molecule has 0 bridgehead atoms. The predicted molar refractivity (Wildman–Crippen MR) is 67.7 cm³/mol. The monoisotopic (exact) mass is 256 g/mol. The van der Waals surface area contributed by atoms with Crippen molar-refractivity contribution in [2.75, 3.05) is 0 Å². The van der Waals surface area contributed by atoms with Crippen LogP contribution in [0.5, 0.6) is 0 Å². The number of rotatable bonds is 1. The van der Waals surface area contributed by atoms with Gasteiger partial charge in [-0.3, -0.25) is 0 Å². The third-order valence-corrected chi connectivity index (χ3v) is 2.82. The molecule has 0 amide bonds. The minimum atomic E-state index is 0. The summed E-state index contributed by atoms with van der Waals surface area (Å²) >= 11 is 0. The van der Waals surface area contributed by atoms with Gasteiger partial charge in [-0.25, -0.2) is 13.0 Å². The van der Waals surface area contributed by atoms with E-state index >= 15 is 0 Å². The van der Waals surface area contributed by atoms with Crippen LogP contribution in [0.4, 0.5) is 0 Å². The quantitative estimate of drug-likeness (QED) is 0.527. The first-order valence-electron chi connectivity index (χ1n) is 5.55. The zero-order chi connectivity index (χ0) is 11.3. The summed E-state index contributed by atoms with van der Waals surface area (Å²) < 4.78 is 0. The Morgan fingerprint density at radius 3 is 1.94 bits per heavy atom. The smallest absolute Gasteiger partial charge is 0 e. The van der Waals surface area contributed by atoms with Crippen molar-refractivity contribution in [1.82, 2.24) is 0 Å². The maximum absolute atomic E-state index is 2.21. The van der Waals surface area contributed by atoms with Crippen molar-refractivity contribution >= 4 is 0 Å². The first-order chi connectivity index (χ1) is 7.15. The molecule has 16 heavy (non-hydrogen) atoms. The molecule has 0 saturated heterocycles. The van der Waals surface area contributed by atoms with Gasteiger partial charge >= 0.3 is 0 Å². The van der Waals surface area contributed by atoms with E-state index < -0.39 is 0 Å². The van der Waals surface area contributed by atoms with E-state index in [2.05, 4.69) is 52.0 Å². The van der Waals surface area contributed by atoms with Gasteiger partial charge in [0.15, 0.2) is 0 Å². The van der Waals surface area contributed by atoms with E-state index in [9.17, 15) is 0 Å². The minimum absolute atomic E-state index is 0. The van der Waals surface area contributed by atoms with Crippen LogP contribution >= 0.6 is 0 Å². The fourth-order valence-corrected chi connectivity index (χ4v) is 1.58. The molecule has 0 spiro atoms. The molecule has 0 radical (unpaired) electrons. The van der Waals surface area contributed by atoms with E-state index in [0.717, 1.165) is 0 Å². The summed E-state index contributed by atoms with van der Waals surface area (Å²) in [5, 5.41) is 0. The maximum Gasteiger partial charge on any atom is 0 e. The van der Waals surface area contributed by atoms with Gasteiger partial charge in [-0.1, -0.05) is 27.2 Å². The van der Waals surface area contributed by atoms with E-state index in [1.54, 1.807) is 0 Å². The van der Waals surface area contributed by atoms with Crippen molar-refractivity contribution in [1.29, 1.82) is 0 Å². The number of aryl methyl sites for hydroxylation is 3. The SMILES string of the molecule is CC[c-]1ccc(C)c1C.C[c-]1[cH-][cH-][cH-][cH-]1.[Fe]. The second-order valence-electron chi connectivity index (χ2n) is 3.98. The third kappa shape index (κ3) is 4.38. The Morgan fingerprint density at radius 2 is 1.75 bits per heavy atom. The summed E-state index contributed by atoms with van der Waals surface area (Å²) in [5.41, 5.74) is 5.73. The Kier molecular flexibility index (Phi) is 7.12. The molecule has 0 aromatic heterocycles. The molecule has 2 aromatic carbocycles. The fraction of sp³-hybridized carbons (Fsp3) is 0.333. The van der Waals surface area contributed by atoms with Gasteiger partial charge in [-0.05, 0) is 0 Å². The van der Waals surface area contributed by atoms with Crippen molar-refractivity contribution in [3.05, 3.63) is 58.7 Å². The van der Waals surface area contributed by atoms with Gasteiger partial charge in [0, 0.05) is 17.1 Å². The van der Waals surface area contributed by atoms with E-state index in [4.69, 9.17) is 0 Å². The summed E-state index contributed by atoms with van der Waals surface area (Å²) in [5.74, 6) is 0. The molecular formula is C15H20Fe-6. The van der Waals surface area contributed by atoms with Crippen LogP contribution in [0.15, 0.2) is 36.4 Å². The van der Waals surface area contributed by atoms with Crippen molar-refractivity contribution in [3.63, 3.8) is 0 Å². The zero-order valence-electron chi connectivity index (χ0n) is 10.5. The van der Waals surface area contributed by atoms with Gasteiger partial charge in [-0.2, -0.15) is 22.8 Å². The summed E-state index contributed by atoms with van der Waals surface area (Å²) in [4.78, 5) is 0. The van der Waals surface area contributed by atoms with E-state index in [1.807, 2.05) is 12.1 Å². The maximum atomic E-state index is 2.21. The average Bonchev–Trinajstić information content (AvgIpc) is 2.80. The Bertz CT molecular complexity index is 379. The molecule has 2 aromatic rings. The molecule has 1 heteroatoms. The van der Waals surface area contributed by atoms with Crippen LogP contribution in [0, 0.1) is 20.8 Å². The average molecular weight is 256 g/mol. The van der Waals surface area contributed by atoms with Crippen LogP contribution in [0.1, 0.15) is 29.2 Å². The molecule has 0 aliphatic carbocycles. The molecule has 0 nitrogen and oxygen atoms in total. The second kappa shape index (κ2) is 7.49. The van der Waals surface area contributed by atoms with Gasteiger partial charge in [0.25, 0.3) is 0 Å². The normalized spacial score (nSPS) is 9.00. The fourth-order valence-electron chi connectivity index (χ4n) is 1.58. The van der Waals surface area contributed by atoms with Crippen molar-refractivity contribution in [3.8, 4) is 0 Å². The van der Waals surface area contributed by atoms with Crippen molar-refractivity contribution in [2.45, 2.75) is 34.1 Å². The topological polar surface area (TPSA) is 0 Å². The van der Waals surface area contributed by atoms with E-state index in [1.165, 1.54) is 28.7 Å². The minimum Gasteiger partial charge on any atom is -0.748 e. The zero-order valence-corrected chi connectivity index (χ0v) is 11.6. The summed E-state index contributed by atoms with van der Waals surface area (Å²) in [6.07, 6.45) is 1.17. The van der Waals surface area contributed by atoms with Crippen LogP contribution in [0.25, 0.3) is 0 Å². The molecule has 0 N–H and O–H groups in total. The molecule has 0 atom stereocenters. The van der Waals surface area contributed by atoms with Crippen LogP contribution in [-0.2, 0) is 23.5 Å². The Labute approximate surface area is 110 Å². The first-order valence-corrected chi connectivity index (χ1v) is 5.55. The summed E-state index contributed by atoms with van der Waals surface area (Å²) in [6, 6.07) is 12.6. The van der Waals surface area contributed by atoms with Crippen LogP contribution < -0.4 is 0 Å². The predicted octanol–water partition coefficient (Wildman–Crippen LogP) is 4.30. The van der Waals surface area contributed by atoms with Gasteiger partial charge < -0.3 is 29.8 Å². The Hall–Kier alpha value is -0.781. The molecule has 0 aliphatic rings. The van der Waals surface area contributed by atoms with Gasteiger partial charge in [0.2, 0.25) is 0 Å². The van der Waals surface area contributed by atoms with Gasteiger partial charge in [-0.15, -0.1) is 0 Å². The Balaban J connectivity index is 0.000000283. The van der Waals surface area contributed by atoms with E-state index in [-0.39, 0.29) is 17.1 Å². The third-order valence-electron chi connectivity index (χ3n) is 2.82. The first kappa shape index (κ1) is 15.2. The molecule has 0 heterocycles. The number of hydrogen-bond acceptors (Lipinski definition) is 0. The number of hydrogen-bond donors (Lipinski definition) is 0. The largest absolute Gasteiger partial charge is 0.748 e. The molecule has 0 fully saturated rings. The van der Waals surface area contributed by atoms with Crippen LogP contribution in [0.2, 0.25) is 0 Å². The summed E-state index contributed by atoms with van der Waals surface area (Å²) in [6.45, 7) is 8.63. The van der Waals surface area contributed by atoms with Crippen LogP contribution in [-0.4, -0.2) is 0 Å². The molecule has 94 valence electrons. The standard InChI is InChI=1S/C9H13.C6H7.Fe/c1-4-9-6-5-7(2)8(9)3;1-6-4-2-3-5-6;/h5-6H,4H2,1-3H3;2-5H,1H3;/q-1;-5;.